The lowest BCUT2D eigenvalue weighted by Gasteiger charge is -2.04. The molecule has 80 valence electrons. The third kappa shape index (κ3) is 4.40. The number of rotatable bonds is 6. The minimum Gasteiger partial charge on any atom is -0.381 e. The first-order valence-corrected chi connectivity index (χ1v) is 6.20. The topological polar surface area (TPSA) is 22.1 Å². The van der Waals surface area contributed by atoms with Gasteiger partial charge in [0.15, 0.2) is 0 Å². The predicted octanol–water partition coefficient (Wildman–Crippen LogP) is 3.10. The highest BCUT2D eigenvalue weighted by Gasteiger charge is 2.01. The van der Waals surface area contributed by atoms with Gasteiger partial charge in [-0.1, -0.05) is 13.8 Å². The standard InChI is InChI=1S/C10H16ClNOS/c1-8(2)6-13-4-3-10-12-9(5-11)7-14-10/h7-8H,3-6H2,1-2H3. The summed E-state index contributed by atoms with van der Waals surface area (Å²) in [5, 5.41) is 3.12. The molecule has 0 unspecified atom stereocenters. The lowest BCUT2D eigenvalue weighted by atomic mass is 10.2. The first-order valence-electron chi connectivity index (χ1n) is 4.79. The van der Waals surface area contributed by atoms with Crippen molar-refractivity contribution in [2.45, 2.75) is 26.1 Å². The Morgan fingerprint density at radius 2 is 2.36 bits per heavy atom. The zero-order valence-corrected chi connectivity index (χ0v) is 10.2. The van der Waals surface area contributed by atoms with Crippen molar-refractivity contribution in [1.29, 1.82) is 0 Å². The molecule has 0 N–H and O–H groups in total. The minimum absolute atomic E-state index is 0.503. The number of hydrogen-bond donors (Lipinski definition) is 0. The second-order valence-electron chi connectivity index (χ2n) is 3.58. The van der Waals surface area contributed by atoms with E-state index in [1.807, 2.05) is 5.38 Å². The molecule has 0 bridgehead atoms. The lowest BCUT2D eigenvalue weighted by molar-refractivity contribution is 0.112. The van der Waals surface area contributed by atoms with Gasteiger partial charge in [-0.3, -0.25) is 0 Å². The largest absolute Gasteiger partial charge is 0.381 e. The molecule has 0 radical (unpaired) electrons. The second kappa shape index (κ2) is 6.38. The van der Waals surface area contributed by atoms with E-state index in [2.05, 4.69) is 18.8 Å². The molecule has 1 aromatic rings. The number of ether oxygens (including phenoxy) is 1. The van der Waals surface area contributed by atoms with E-state index in [1.165, 1.54) is 0 Å². The van der Waals surface area contributed by atoms with Crippen LogP contribution in [0.4, 0.5) is 0 Å². The monoisotopic (exact) mass is 233 g/mol. The number of halogens is 1. The molecular formula is C10H16ClNOS. The van der Waals surface area contributed by atoms with E-state index in [0.717, 1.165) is 30.3 Å². The summed E-state index contributed by atoms with van der Waals surface area (Å²) in [5.41, 5.74) is 0.968. The van der Waals surface area contributed by atoms with Crippen molar-refractivity contribution in [2.24, 2.45) is 5.92 Å². The highest BCUT2D eigenvalue weighted by Crippen LogP contribution is 2.12. The van der Waals surface area contributed by atoms with Crippen LogP contribution in [-0.4, -0.2) is 18.2 Å². The average molecular weight is 234 g/mol. The molecule has 0 amide bonds. The molecule has 0 aliphatic carbocycles. The Balaban J connectivity index is 2.18. The maximum absolute atomic E-state index is 5.66. The molecular weight excluding hydrogens is 218 g/mol. The molecule has 1 aromatic heterocycles. The SMILES string of the molecule is CC(C)COCCc1nc(CCl)cs1. The fraction of sp³-hybridized carbons (Fsp3) is 0.700. The first-order chi connectivity index (χ1) is 6.72. The summed E-state index contributed by atoms with van der Waals surface area (Å²) in [4.78, 5) is 4.35. The molecule has 1 heterocycles. The van der Waals surface area contributed by atoms with Crippen LogP contribution in [0, 0.1) is 5.92 Å². The van der Waals surface area contributed by atoms with Crippen LogP contribution in [-0.2, 0) is 17.0 Å². The lowest BCUT2D eigenvalue weighted by Crippen LogP contribution is -2.05. The van der Waals surface area contributed by atoms with Gasteiger partial charge in [-0.05, 0) is 5.92 Å². The van der Waals surface area contributed by atoms with Crippen LogP contribution in [0.2, 0.25) is 0 Å². The Morgan fingerprint density at radius 1 is 1.57 bits per heavy atom. The van der Waals surface area contributed by atoms with E-state index in [9.17, 15) is 0 Å². The summed E-state index contributed by atoms with van der Waals surface area (Å²) in [5.74, 6) is 1.10. The summed E-state index contributed by atoms with van der Waals surface area (Å²) >= 11 is 7.31. The fourth-order valence-electron chi connectivity index (χ4n) is 1.00. The van der Waals surface area contributed by atoms with Crippen molar-refractivity contribution in [3.63, 3.8) is 0 Å². The Labute approximate surface area is 94.3 Å². The number of aromatic nitrogens is 1. The zero-order chi connectivity index (χ0) is 10.4. The van der Waals surface area contributed by atoms with Crippen LogP contribution in [0.5, 0.6) is 0 Å². The zero-order valence-electron chi connectivity index (χ0n) is 8.62. The highest BCUT2D eigenvalue weighted by molar-refractivity contribution is 7.09. The molecule has 0 saturated carbocycles. The van der Waals surface area contributed by atoms with Crippen LogP contribution in [0.1, 0.15) is 24.5 Å². The third-order valence-corrected chi connectivity index (χ3v) is 2.88. The smallest absolute Gasteiger partial charge is 0.0951 e. The summed E-state index contributed by atoms with van der Waals surface area (Å²) < 4.78 is 5.48. The second-order valence-corrected chi connectivity index (χ2v) is 4.79. The van der Waals surface area contributed by atoms with Gasteiger partial charge < -0.3 is 4.74 Å². The van der Waals surface area contributed by atoms with Gasteiger partial charge in [0.25, 0.3) is 0 Å². The minimum atomic E-state index is 0.503. The van der Waals surface area contributed by atoms with E-state index in [-0.39, 0.29) is 0 Å². The molecule has 0 fully saturated rings. The van der Waals surface area contributed by atoms with E-state index >= 15 is 0 Å². The van der Waals surface area contributed by atoms with Crippen LogP contribution in [0.25, 0.3) is 0 Å². The fourth-order valence-corrected chi connectivity index (χ4v) is 2.01. The van der Waals surface area contributed by atoms with Gasteiger partial charge in [0, 0.05) is 18.4 Å². The highest BCUT2D eigenvalue weighted by atomic mass is 35.5. The van der Waals surface area contributed by atoms with E-state index < -0.39 is 0 Å². The molecule has 0 saturated heterocycles. The molecule has 2 nitrogen and oxygen atoms in total. The molecule has 0 aromatic carbocycles. The number of thiazole rings is 1. The maximum Gasteiger partial charge on any atom is 0.0951 e. The first kappa shape index (κ1) is 12.0. The summed E-state index contributed by atoms with van der Waals surface area (Å²) in [7, 11) is 0. The number of hydrogen-bond acceptors (Lipinski definition) is 3. The molecule has 0 spiro atoms. The van der Waals surface area contributed by atoms with Crippen molar-refractivity contribution in [3.8, 4) is 0 Å². The van der Waals surface area contributed by atoms with E-state index in [1.54, 1.807) is 11.3 Å². The summed E-state index contributed by atoms with van der Waals surface area (Å²) in [6.07, 6.45) is 0.897. The van der Waals surface area contributed by atoms with E-state index in [0.29, 0.717) is 11.8 Å². The Morgan fingerprint density at radius 3 is 2.93 bits per heavy atom. The van der Waals surface area contributed by atoms with Crippen LogP contribution < -0.4 is 0 Å². The van der Waals surface area contributed by atoms with Crippen LogP contribution in [0.15, 0.2) is 5.38 Å². The predicted molar refractivity (Wildman–Crippen MR) is 61.0 cm³/mol. The van der Waals surface area contributed by atoms with Crippen molar-refractivity contribution < 1.29 is 4.74 Å². The van der Waals surface area contributed by atoms with Crippen LogP contribution in [0.3, 0.4) is 0 Å². The quantitative estimate of drug-likeness (QED) is 0.557. The Kier molecular flexibility index (Phi) is 5.45. The number of nitrogens with zero attached hydrogens (tertiary/aromatic N) is 1. The van der Waals surface area contributed by atoms with Gasteiger partial charge >= 0.3 is 0 Å². The third-order valence-electron chi connectivity index (χ3n) is 1.65. The van der Waals surface area contributed by atoms with Crippen LogP contribution >= 0.6 is 22.9 Å². The molecule has 0 atom stereocenters. The Bertz CT molecular complexity index is 262. The van der Waals surface area contributed by atoms with Gasteiger partial charge in [-0.2, -0.15) is 0 Å². The maximum atomic E-state index is 5.66. The van der Waals surface area contributed by atoms with Gasteiger partial charge in [0.05, 0.1) is 23.2 Å². The molecule has 0 aliphatic rings. The summed E-state index contributed by atoms with van der Waals surface area (Å²) in [6.45, 7) is 5.88. The van der Waals surface area contributed by atoms with Gasteiger partial charge in [0.1, 0.15) is 0 Å². The molecule has 1 rings (SSSR count). The van der Waals surface area contributed by atoms with Gasteiger partial charge in [-0.25, -0.2) is 4.98 Å². The normalized spacial score (nSPS) is 11.1. The summed E-state index contributed by atoms with van der Waals surface area (Å²) in [6, 6.07) is 0. The van der Waals surface area contributed by atoms with Crippen molar-refractivity contribution in [2.75, 3.05) is 13.2 Å². The number of alkyl halides is 1. The van der Waals surface area contributed by atoms with Gasteiger partial charge in [0.2, 0.25) is 0 Å². The average Bonchev–Trinajstić information content (AvgIpc) is 2.60. The van der Waals surface area contributed by atoms with E-state index in [4.69, 9.17) is 16.3 Å². The van der Waals surface area contributed by atoms with Crippen molar-refractivity contribution in [1.82, 2.24) is 4.98 Å². The van der Waals surface area contributed by atoms with Crippen molar-refractivity contribution in [3.05, 3.63) is 16.1 Å². The Hall–Kier alpha value is -0.120. The van der Waals surface area contributed by atoms with Gasteiger partial charge in [-0.15, -0.1) is 22.9 Å². The molecule has 4 heteroatoms. The molecule has 0 aliphatic heterocycles. The van der Waals surface area contributed by atoms with Crippen molar-refractivity contribution >= 4 is 22.9 Å². The molecule has 14 heavy (non-hydrogen) atoms.